The minimum absolute atomic E-state index is 0.217. The van der Waals surface area contributed by atoms with Gasteiger partial charge < -0.3 is 5.32 Å². The maximum Gasteiger partial charge on any atom is 0.0522 e. The van der Waals surface area contributed by atoms with Crippen LogP contribution in [0.15, 0.2) is 6.20 Å². The number of H-pyrrole nitrogens is 1. The van der Waals surface area contributed by atoms with E-state index in [1.165, 1.54) is 11.3 Å². The summed E-state index contributed by atoms with van der Waals surface area (Å²) in [5.74, 6) is 0. The molecule has 12 heavy (non-hydrogen) atoms. The zero-order chi connectivity index (χ0) is 8.60. The first-order chi connectivity index (χ1) is 5.67. The van der Waals surface area contributed by atoms with Crippen LogP contribution in [-0.4, -0.2) is 22.3 Å². The van der Waals surface area contributed by atoms with Crippen molar-refractivity contribution < 1.29 is 0 Å². The molecule has 0 saturated carbocycles. The molecule has 0 atom stereocenters. The van der Waals surface area contributed by atoms with Crippen LogP contribution in [0.2, 0.25) is 0 Å². The molecule has 1 aromatic rings. The van der Waals surface area contributed by atoms with Crippen LogP contribution in [0.5, 0.6) is 0 Å². The molecule has 1 aliphatic heterocycles. The Balaban J connectivity index is 2.30. The molecular formula is C9H15N3. The van der Waals surface area contributed by atoms with Crippen LogP contribution in [0, 0.1) is 0 Å². The van der Waals surface area contributed by atoms with Gasteiger partial charge in [0, 0.05) is 24.2 Å². The van der Waals surface area contributed by atoms with Crippen molar-refractivity contribution >= 4 is 0 Å². The van der Waals surface area contributed by atoms with Gasteiger partial charge in [0.25, 0.3) is 0 Å². The molecule has 0 aromatic carbocycles. The Kier molecular flexibility index (Phi) is 1.68. The highest BCUT2D eigenvalue weighted by Gasteiger charge is 2.23. The minimum Gasteiger partial charge on any atom is -0.311 e. The number of nitrogens with zero attached hydrogens (tertiary/aromatic N) is 1. The lowest BCUT2D eigenvalue weighted by atomic mass is 9.97. The van der Waals surface area contributed by atoms with E-state index in [1.54, 1.807) is 0 Å². The second kappa shape index (κ2) is 2.59. The molecule has 0 saturated heterocycles. The lowest BCUT2D eigenvalue weighted by molar-refractivity contribution is 0.400. The van der Waals surface area contributed by atoms with E-state index in [1.807, 2.05) is 6.20 Å². The second-order valence-electron chi connectivity index (χ2n) is 4.11. The van der Waals surface area contributed by atoms with E-state index in [0.717, 1.165) is 19.4 Å². The van der Waals surface area contributed by atoms with Crippen molar-refractivity contribution in [2.24, 2.45) is 0 Å². The molecular weight excluding hydrogens is 150 g/mol. The largest absolute Gasteiger partial charge is 0.311 e. The third-order valence-electron chi connectivity index (χ3n) is 2.42. The van der Waals surface area contributed by atoms with Crippen molar-refractivity contribution in [1.29, 1.82) is 0 Å². The van der Waals surface area contributed by atoms with Crippen LogP contribution in [-0.2, 0) is 12.8 Å². The summed E-state index contributed by atoms with van der Waals surface area (Å²) < 4.78 is 0. The third kappa shape index (κ3) is 1.37. The third-order valence-corrected chi connectivity index (χ3v) is 2.42. The molecule has 1 aliphatic rings. The SMILES string of the molecule is CC1(C)Cc2cn[nH]c2CCN1. The normalized spacial score (nSPS) is 21.5. The summed E-state index contributed by atoms with van der Waals surface area (Å²) in [5.41, 5.74) is 2.88. The van der Waals surface area contributed by atoms with Gasteiger partial charge in [-0.1, -0.05) is 0 Å². The van der Waals surface area contributed by atoms with E-state index >= 15 is 0 Å². The number of hydrogen-bond donors (Lipinski definition) is 2. The Hall–Kier alpha value is -0.830. The first-order valence-corrected chi connectivity index (χ1v) is 4.43. The summed E-state index contributed by atoms with van der Waals surface area (Å²) in [4.78, 5) is 0. The van der Waals surface area contributed by atoms with E-state index in [4.69, 9.17) is 0 Å². The fourth-order valence-electron chi connectivity index (χ4n) is 1.77. The first-order valence-electron chi connectivity index (χ1n) is 4.43. The van der Waals surface area contributed by atoms with Gasteiger partial charge in [-0.25, -0.2) is 0 Å². The van der Waals surface area contributed by atoms with E-state index < -0.39 is 0 Å². The van der Waals surface area contributed by atoms with Crippen LogP contribution < -0.4 is 5.32 Å². The topological polar surface area (TPSA) is 40.7 Å². The molecule has 66 valence electrons. The summed E-state index contributed by atoms with van der Waals surface area (Å²) in [7, 11) is 0. The molecule has 0 amide bonds. The van der Waals surface area contributed by atoms with Crippen LogP contribution >= 0.6 is 0 Å². The predicted octanol–water partition coefficient (Wildman–Crippen LogP) is 0.876. The molecule has 1 aromatic heterocycles. The first kappa shape index (κ1) is 7.80. The Labute approximate surface area is 72.6 Å². The zero-order valence-corrected chi connectivity index (χ0v) is 7.65. The van der Waals surface area contributed by atoms with Gasteiger partial charge in [-0.2, -0.15) is 5.10 Å². The Morgan fingerprint density at radius 1 is 1.50 bits per heavy atom. The second-order valence-corrected chi connectivity index (χ2v) is 4.11. The average molecular weight is 165 g/mol. The van der Waals surface area contributed by atoms with Gasteiger partial charge in [-0.3, -0.25) is 5.10 Å². The number of hydrogen-bond acceptors (Lipinski definition) is 2. The van der Waals surface area contributed by atoms with Gasteiger partial charge in [0.15, 0.2) is 0 Å². The number of aromatic amines is 1. The molecule has 3 nitrogen and oxygen atoms in total. The Bertz CT molecular complexity index is 275. The molecule has 0 aliphatic carbocycles. The van der Waals surface area contributed by atoms with Crippen LogP contribution in [0.3, 0.4) is 0 Å². The summed E-state index contributed by atoms with van der Waals surface area (Å²) in [5, 5.41) is 10.6. The highest BCUT2D eigenvalue weighted by atomic mass is 15.1. The van der Waals surface area contributed by atoms with Crippen molar-refractivity contribution in [3.63, 3.8) is 0 Å². The van der Waals surface area contributed by atoms with Gasteiger partial charge >= 0.3 is 0 Å². The summed E-state index contributed by atoms with van der Waals surface area (Å²) in [6, 6.07) is 0. The van der Waals surface area contributed by atoms with Gasteiger partial charge in [-0.15, -0.1) is 0 Å². The highest BCUT2D eigenvalue weighted by molar-refractivity contribution is 5.21. The molecule has 0 spiro atoms. The highest BCUT2D eigenvalue weighted by Crippen LogP contribution is 2.18. The maximum atomic E-state index is 4.06. The van der Waals surface area contributed by atoms with Gasteiger partial charge in [0.1, 0.15) is 0 Å². The number of fused-ring (bicyclic) bond motifs is 1. The number of nitrogens with one attached hydrogen (secondary N) is 2. The molecule has 2 N–H and O–H groups in total. The van der Waals surface area contributed by atoms with Crippen molar-refractivity contribution in [3.05, 3.63) is 17.5 Å². The molecule has 2 rings (SSSR count). The van der Waals surface area contributed by atoms with Gasteiger partial charge in [0.05, 0.1) is 6.20 Å². The predicted molar refractivity (Wildman–Crippen MR) is 48.1 cm³/mol. The fraction of sp³-hybridized carbons (Fsp3) is 0.667. The van der Waals surface area contributed by atoms with Gasteiger partial charge in [0.2, 0.25) is 0 Å². The average Bonchev–Trinajstić information content (AvgIpc) is 2.31. The lowest BCUT2D eigenvalue weighted by Crippen LogP contribution is -2.40. The van der Waals surface area contributed by atoms with Crippen molar-refractivity contribution in [2.45, 2.75) is 32.2 Å². The van der Waals surface area contributed by atoms with Crippen LogP contribution in [0.4, 0.5) is 0 Å². The van der Waals surface area contributed by atoms with Crippen LogP contribution in [0.1, 0.15) is 25.1 Å². The molecule has 2 heterocycles. The van der Waals surface area contributed by atoms with Crippen LogP contribution in [0.25, 0.3) is 0 Å². The lowest BCUT2D eigenvalue weighted by Gasteiger charge is -2.23. The molecule has 0 fully saturated rings. The maximum absolute atomic E-state index is 4.06. The zero-order valence-electron chi connectivity index (χ0n) is 7.65. The Morgan fingerprint density at radius 3 is 3.17 bits per heavy atom. The van der Waals surface area contributed by atoms with E-state index in [9.17, 15) is 0 Å². The fourth-order valence-corrected chi connectivity index (χ4v) is 1.77. The minimum atomic E-state index is 0.217. The van der Waals surface area contributed by atoms with Gasteiger partial charge in [-0.05, 0) is 25.8 Å². The smallest absolute Gasteiger partial charge is 0.0522 e. The molecule has 0 bridgehead atoms. The summed E-state index contributed by atoms with van der Waals surface area (Å²) in [6.45, 7) is 5.51. The molecule has 0 unspecified atom stereocenters. The molecule has 3 heteroatoms. The Morgan fingerprint density at radius 2 is 2.33 bits per heavy atom. The van der Waals surface area contributed by atoms with Crippen molar-refractivity contribution in [2.75, 3.05) is 6.54 Å². The van der Waals surface area contributed by atoms with Crippen molar-refractivity contribution in [3.8, 4) is 0 Å². The summed E-state index contributed by atoms with van der Waals surface area (Å²) >= 11 is 0. The summed E-state index contributed by atoms with van der Waals surface area (Å²) in [6.07, 6.45) is 4.08. The standard InChI is InChI=1S/C9H15N3/c1-9(2)5-7-6-11-12-8(7)3-4-10-9/h6,10H,3-5H2,1-2H3,(H,11,12). The quantitative estimate of drug-likeness (QED) is 0.599. The van der Waals surface area contributed by atoms with E-state index in [-0.39, 0.29) is 5.54 Å². The molecule has 0 radical (unpaired) electrons. The monoisotopic (exact) mass is 165 g/mol. The number of aromatic nitrogens is 2. The van der Waals surface area contributed by atoms with E-state index in [0.29, 0.717) is 0 Å². The number of rotatable bonds is 0. The van der Waals surface area contributed by atoms with E-state index in [2.05, 4.69) is 29.4 Å². The van der Waals surface area contributed by atoms with Crippen molar-refractivity contribution in [1.82, 2.24) is 15.5 Å².